The molecule has 2 amide bonds. The van der Waals surface area contributed by atoms with Crippen molar-refractivity contribution in [2.24, 2.45) is 5.41 Å². The summed E-state index contributed by atoms with van der Waals surface area (Å²) in [6.45, 7) is 10.6. The summed E-state index contributed by atoms with van der Waals surface area (Å²) < 4.78 is 5.47. The molecular weight excluding hydrogens is 232 g/mol. The summed E-state index contributed by atoms with van der Waals surface area (Å²) in [5, 5.41) is 2.68. The summed E-state index contributed by atoms with van der Waals surface area (Å²) in [4.78, 5) is 25.5. The van der Waals surface area contributed by atoms with Crippen LogP contribution in [0.2, 0.25) is 0 Å². The minimum Gasteiger partial charge on any atom is -0.375 e. The van der Waals surface area contributed by atoms with E-state index in [9.17, 15) is 9.59 Å². The van der Waals surface area contributed by atoms with Gasteiger partial charge in [0.2, 0.25) is 11.8 Å². The quantitative estimate of drug-likeness (QED) is 0.794. The molecule has 0 bridgehead atoms. The van der Waals surface area contributed by atoms with Crippen molar-refractivity contribution in [3.63, 3.8) is 0 Å². The molecule has 5 heteroatoms. The monoisotopic (exact) mass is 256 g/mol. The largest absolute Gasteiger partial charge is 0.375 e. The maximum atomic E-state index is 12.0. The Hall–Kier alpha value is -1.10. The SMILES string of the molecule is CC1CN(C(=O)CNC(=O)C(C)(C)C)C(C)CO1. The third-order valence-corrected chi connectivity index (χ3v) is 3.01. The maximum absolute atomic E-state index is 12.0. The Morgan fingerprint density at radius 2 is 1.94 bits per heavy atom. The Balaban J connectivity index is 2.47. The Morgan fingerprint density at radius 3 is 2.50 bits per heavy atom. The van der Waals surface area contributed by atoms with Crippen LogP contribution >= 0.6 is 0 Å². The fraction of sp³-hybridized carbons (Fsp3) is 0.846. The second kappa shape index (κ2) is 5.69. The highest BCUT2D eigenvalue weighted by Crippen LogP contribution is 2.13. The molecular formula is C13H24N2O3. The summed E-state index contributed by atoms with van der Waals surface area (Å²) in [5.74, 6) is -0.153. The van der Waals surface area contributed by atoms with E-state index in [4.69, 9.17) is 4.74 Å². The lowest BCUT2D eigenvalue weighted by atomic mass is 9.96. The third kappa shape index (κ3) is 3.98. The Labute approximate surface area is 109 Å². The predicted octanol–water partition coefficient (Wildman–Crippen LogP) is 0.785. The molecule has 0 aromatic heterocycles. The van der Waals surface area contributed by atoms with Crippen LogP contribution < -0.4 is 5.32 Å². The van der Waals surface area contributed by atoms with Crippen LogP contribution in [0.4, 0.5) is 0 Å². The minimum absolute atomic E-state index is 0.0461. The fourth-order valence-electron chi connectivity index (χ4n) is 1.77. The molecule has 0 aliphatic carbocycles. The van der Waals surface area contributed by atoms with Gasteiger partial charge in [-0.25, -0.2) is 0 Å². The zero-order valence-electron chi connectivity index (χ0n) is 11.9. The van der Waals surface area contributed by atoms with Crippen LogP contribution in [-0.2, 0) is 14.3 Å². The Bertz CT molecular complexity index is 323. The number of carbonyl (C=O) groups excluding carboxylic acids is 2. The van der Waals surface area contributed by atoms with Crippen molar-refractivity contribution in [2.75, 3.05) is 19.7 Å². The molecule has 2 unspecified atom stereocenters. The molecule has 18 heavy (non-hydrogen) atoms. The van der Waals surface area contributed by atoms with E-state index in [0.717, 1.165) is 0 Å². The molecule has 1 saturated heterocycles. The normalized spacial score (nSPS) is 24.8. The van der Waals surface area contributed by atoms with Crippen molar-refractivity contribution in [1.82, 2.24) is 10.2 Å². The van der Waals surface area contributed by atoms with E-state index in [1.54, 1.807) is 4.90 Å². The summed E-state index contributed by atoms with van der Waals surface area (Å²) in [6, 6.07) is 0.0697. The van der Waals surface area contributed by atoms with Crippen molar-refractivity contribution < 1.29 is 14.3 Å². The lowest BCUT2D eigenvalue weighted by Crippen LogP contribution is -2.53. The van der Waals surface area contributed by atoms with Gasteiger partial charge in [0, 0.05) is 12.0 Å². The number of rotatable bonds is 2. The van der Waals surface area contributed by atoms with E-state index in [2.05, 4.69) is 5.32 Å². The van der Waals surface area contributed by atoms with Gasteiger partial charge in [0.1, 0.15) is 0 Å². The van der Waals surface area contributed by atoms with E-state index in [0.29, 0.717) is 13.2 Å². The number of amides is 2. The van der Waals surface area contributed by atoms with E-state index in [-0.39, 0.29) is 30.5 Å². The molecule has 0 aromatic rings. The summed E-state index contributed by atoms with van der Waals surface area (Å²) in [6.07, 6.45) is 0.0588. The molecule has 1 fully saturated rings. The van der Waals surface area contributed by atoms with Gasteiger partial charge >= 0.3 is 0 Å². The molecule has 1 aliphatic rings. The van der Waals surface area contributed by atoms with Gasteiger partial charge in [-0.1, -0.05) is 20.8 Å². The van der Waals surface area contributed by atoms with Crippen molar-refractivity contribution in [3.05, 3.63) is 0 Å². The first-order valence-corrected chi connectivity index (χ1v) is 6.41. The van der Waals surface area contributed by atoms with Crippen molar-refractivity contribution in [2.45, 2.75) is 46.8 Å². The molecule has 1 N–H and O–H groups in total. The van der Waals surface area contributed by atoms with Gasteiger partial charge in [-0.2, -0.15) is 0 Å². The molecule has 0 saturated carbocycles. The molecule has 2 atom stereocenters. The van der Waals surface area contributed by atoms with E-state index >= 15 is 0 Å². The van der Waals surface area contributed by atoms with Crippen LogP contribution in [0.1, 0.15) is 34.6 Å². The van der Waals surface area contributed by atoms with Gasteiger partial charge in [-0.15, -0.1) is 0 Å². The number of nitrogens with zero attached hydrogens (tertiary/aromatic N) is 1. The molecule has 1 heterocycles. The maximum Gasteiger partial charge on any atom is 0.242 e. The first kappa shape index (κ1) is 15.0. The minimum atomic E-state index is -0.468. The Kier molecular flexibility index (Phi) is 4.73. The number of ether oxygens (including phenoxy) is 1. The standard InChI is InChI=1S/C13H24N2O3/c1-9-8-18-10(2)7-15(9)11(16)6-14-12(17)13(3,4)5/h9-10H,6-8H2,1-5H3,(H,14,17). The van der Waals surface area contributed by atoms with Crippen molar-refractivity contribution >= 4 is 11.8 Å². The number of nitrogens with one attached hydrogen (secondary N) is 1. The summed E-state index contributed by atoms with van der Waals surface area (Å²) >= 11 is 0. The van der Waals surface area contributed by atoms with Crippen molar-refractivity contribution in [3.8, 4) is 0 Å². The van der Waals surface area contributed by atoms with Crippen LogP contribution in [0.5, 0.6) is 0 Å². The summed E-state index contributed by atoms with van der Waals surface area (Å²) in [5.41, 5.74) is -0.468. The highest BCUT2D eigenvalue weighted by atomic mass is 16.5. The van der Waals surface area contributed by atoms with Gasteiger partial charge < -0.3 is 15.0 Å². The van der Waals surface area contributed by atoms with Gasteiger partial charge in [0.25, 0.3) is 0 Å². The van der Waals surface area contributed by atoms with Gasteiger partial charge in [0.15, 0.2) is 0 Å². The first-order chi connectivity index (χ1) is 8.21. The lowest BCUT2D eigenvalue weighted by Gasteiger charge is -2.37. The van der Waals surface area contributed by atoms with Crippen LogP contribution in [0.15, 0.2) is 0 Å². The number of morpholine rings is 1. The number of hydrogen-bond acceptors (Lipinski definition) is 3. The second-order valence-electron chi connectivity index (χ2n) is 5.97. The molecule has 1 aliphatic heterocycles. The molecule has 5 nitrogen and oxygen atoms in total. The molecule has 0 radical (unpaired) electrons. The fourth-order valence-corrected chi connectivity index (χ4v) is 1.77. The Morgan fingerprint density at radius 1 is 1.33 bits per heavy atom. The third-order valence-electron chi connectivity index (χ3n) is 3.01. The smallest absolute Gasteiger partial charge is 0.242 e. The summed E-state index contributed by atoms with van der Waals surface area (Å²) in [7, 11) is 0. The van der Waals surface area contributed by atoms with Gasteiger partial charge in [-0.3, -0.25) is 9.59 Å². The molecule has 104 valence electrons. The van der Waals surface area contributed by atoms with Crippen LogP contribution in [0.25, 0.3) is 0 Å². The molecule has 0 aromatic carbocycles. The van der Waals surface area contributed by atoms with Gasteiger partial charge in [0.05, 0.1) is 25.3 Å². The average Bonchev–Trinajstić information content (AvgIpc) is 2.27. The highest BCUT2D eigenvalue weighted by Gasteiger charge is 2.28. The van der Waals surface area contributed by atoms with Gasteiger partial charge in [-0.05, 0) is 13.8 Å². The highest BCUT2D eigenvalue weighted by molar-refractivity contribution is 5.87. The number of hydrogen-bond donors (Lipinski definition) is 1. The lowest BCUT2D eigenvalue weighted by molar-refractivity contribution is -0.144. The number of carbonyl (C=O) groups is 2. The molecule has 0 spiro atoms. The first-order valence-electron chi connectivity index (χ1n) is 6.41. The van der Waals surface area contributed by atoms with E-state index in [1.165, 1.54) is 0 Å². The van der Waals surface area contributed by atoms with Crippen molar-refractivity contribution in [1.29, 1.82) is 0 Å². The average molecular weight is 256 g/mol. The second-order valence-corrected chi connectivity index (χ2v) is 5.97. The molecule has 1 rings (SSSR count). The van der Waals surface area contributed by atoms with E-state index in [1.807, 2.05) is 34.6 Å². The topological polar surface area (TPSA) is 58.6 Å². The predicted molar refractivity (Wildman–Crippen MR) is 69.1 cm³/mol. The zero-order valence-corrected chi connectivity index (χ0v) is 11.9. The van der Waals surface area contributed by atoms with Crippen LogP contribution in [0.3, 0.4) is 0 Å². The van der Waals surface area contributed by atoms with E-state index < -0.39 is 5.41 Å². The van der Waals surface area contributed by atoms with Crippen LogP contribution in [-0.4, -0.2) is 48.6 Å². The van der Waals surface area contributed by atoms with Crippen LogP contribution in [0, 0.1) is 5.41 Å². The zero-order chi connectivity index (χ0) is 13.9.